The van der Waals surface area contributed by atoms with Crippen molar-refractivity contribution in [3.63, 3.8) is 0 Å². The second-order valence-electron chi connectivity index (χ2n) is 11.3. The normalized spacial score (nSPS) is 24.5. The number of hydrogen-bond donors (Lipinski definition) is 1. The summed E-state index contributed by atoms with van der Waals surface area (Å²) in [5.41, 5.74) is 3.81. The van der Waals surface area contributed by atoms with Crippen molar-refractivity contribution in [1.29, 1.82) is 0 Å². The minimum atomic E-state index is -0.448. The van der Waals surface area contributed by atoms with Crippen LogP contribution >= 0.6 is 11.3 Å². The Labute approximate surface area is 224 Å². The summed E-state index contributed by atoms with van der Waals surface area (Å²) in [5, 5.41) is 4.31. The maximum atomic E-state index is 16.4. The van der Waals surface area contributed by atoms with Gasteiger partial charge in [-0.25, -0.2) is 9.37 Å². The van der Waals surface area contributed by atoms with E-state index in [-0.39, 0.29) is 22.8 Å². The number of benzene rings is 1. The van der Waals surface area contributed by atoms with Crippen LogP contribution < -0.4 is 15.0 Å². The molecule has 4 aliphatic heterocycles. The van der Waals surface area contributed by atoms with E-state index in [9.17, 15) is 0 Å². The summed E-state index contributed by atoms with van der Waals surface area (Å²) >= 11 is 1.54. The van der Waals surface area contributed by atoms with E-state index in [2.05, 4.69) is 30.1 Å². The fourth-order valence-corrected chi connectivity index (χ4v) is 7.93. The highest BCUT2D eigenvalue weighted by Crippen LogP contribution is 2.40. The van der Waals surface area contributed by atoms with Crippen molar-refractivity contribution in [2.24, 2.45) is 0 Å². The van der Waals surface area contributed by atoms with Crippen LogP contribution in [0.2, 0.25) is 0 Å². The molecule has 2 atom stereocenters. The zero-order valence-corrected chi connectivity index (χ0v) is 22.0. The molecule has 4 saturated heterocycles. The Bertz CT molecular complexity index is 1520. The molecule has 1 N–H and O–H groups in total. The van der Waals surface area contributed by atoms with Crippen molar-refractivity contribution in [1.82, 2.24) is 30.2 Å². The fourth-order valence-electron chi connectivity index (χ4n) is 7.22. The summed E-state index contributed by atoms with van der Waals surface area (Å²) in [6.07, 6.45) is 8.70. The molecule has 38 heavy (non-hydrogen) atoms. The number of anilines is 1. The van der Waals surface area contributed by atoms with Gasteiger partial charge in [0, 0.05) is 36.9 Å². The van der Waals surface area contributed by atoms with Gasteiger partial charge in [0.2, 0.25) is 0 Å². The Morgan fingerprint density at radius 1 is 1.05 bits per heavy atom. The van der Waals surface area contributed by atoms with Crippen molar-refractivity contribution in [3.05, 3.63) is 35.7 Å². The molecule has 2 bridgehead atoms. The first-order chi connectivity index (χ1) is 18.7. The number of ether oxygens (including phenoxy) is 1. The zero-order chi connectivity index (χ0) is 25.3. The largest absolute Gasteiger partial charge is 0.461 e. The van der Waals surface area contributed by atoms with Crippen molar-refractivity contribution < 1.29 is 9.13 Å². The average molecular weight is 532 g/mol. The molecule has 4 aliphatic rings. The van der Waals surface area contributed by atoms with Crippen LogP contribution in [0.25, 0.3) is 32.4 Å². The Morgan fingerprint density at radius 3 is 2.68 bits per heavy atom. The van der Waals surface area contributed by atoms with E-state index < -0.39 is 5.82 Å². The van der Waals surface area contributed by atoms with E-state index in [0.29, 0.717) is 29.6 Å². The van der Waals surface area contributed by atoms with Gasteiger partial charge in [-0.1, -0.05) is 12.1 Å². The second-order valence-corrected chi connectivity index (χ2v) is 12.2. The van der Waals surface area contributed by atoms with Crippen molar-refractivity contribution in [2.45, 2.75) is 56.1 Å². The summed E-state index contributed by atoms with van der Waals surface area (Å²) in [5.74, 6) is 0.275. The number of para-hydroxylation sites is 1. The molecule has 2 unspecified atom stereocenters. The molecule has 3 aromatic heterocycles. The second kappa shape index (κ2) is 8.79. The van der Waals surface area contributed by atoms with Gasteiger partial charge < -0.3 is 15.0 Å². The molecular weight excluding hydrogens is 501 g/mol. The number of fused-ring (bicyclic) bond motifs is 5. The van der Waals surface area contributed by atoms with Crippen LogP contribution in [0.5, 0.6) is 6.01 Å². The lowest BCUT2D eigenvalue weighted by Crippen LogP contribution is -2.51. The molecule has 4 aromatic rings. The molecule has 0 amide bonds. The van der Waals surface area contributed by atoms with E-state index >= 15 is 4.39 Å². The van der Waals surface area contributed by atoms with E-state index in [1.54, 1.807) is 11.7 Å². The monoisotopic (exact) mass is 531 g/mol. The lowest BCUT2D eigenvalue weighted by atomic mass is 9.95. The van der Waals surface area contributed by atoms with Gasteiger partial charge in [-0.15, -0.1) is 11.3 Å². The third-order valence-electron chi connectivity index (χ3n) is 9.06. The molecule has 0 spiro atoms. The molecule has 10 heteroatoms. The van der Waals surface area contributed by atoms with Crippen LogP contribution in [0.4, 0.5) is 10.2 Å². The molecule has 0 aliphatic carbocycles. The number of nitrogens with one attached hydrogen (secondary N) is 1. The summed E-state index contributed by atoms with van der Waals surface area (Å²) in [6.45, 7) is 4.47. The Hall–Kier alpha value is -2.95. The number of hydrogen-bond acceptors (Lipinski definition) is 9. The number of rotatable bonds is 5. The van der Waals surface area contributed by atoms with Crippen LogP contribution in [0.1, 0.15) is 38.5 Å². The highest BCUT2D eigenvalue weighted by atomic mass is 32.1. The summed E-state index contributed by atoms with van der Waals surface area (Å²) < 4.78 is 23.7. The summed E-state index contributed by atoms with van der Waals surface area (Å²) in [6, 6.07) is 6.90. The standard InChI is InChI=1S/C28H30FN7OS/c29-22-24(19-4-1-5-21-23(19)31-16-38-21)30-12-20-25(22)33-27(37-15-28-8-2-10-36(28)11-3-9-28)34-26(20)35-13-17-6-7-18(14-35)32-17/h1,4-5,12,16-18,32H,2-3,6-11,13-15H2. The minimum absolute atomic E-state index is 0.0643. The van der Waals surface area contributed by atoms with Gasteiger partial charge in [-0.05, 0) is 57.7 Å². The predicted octanol–water partition coefficient (Wildman–Crippen LogP) is 4.39. The molecule has 4 fully saturated rings. The number of piperazine rings is 1. The number of halogens is 1. The quantitative estimate of drug-likeness (QED) is 0.406. The van der Waals surface area contributed by atoms with Gasteiger partial charge in [-0.3, -0.25) is 9.88 Å². The van der Waals surface area contributed by atoms with Gasteiger partial charge in [0.25, 0.3) is 0 Å². The smallest absolute Gasteiger partial charge is 0.319 e. The predicted molar refractivity (Wildman–Crippen MR) is 146 cm³/mol. The lowest BCUT2D eigenvalue weighted by molar-refractivity contribution is 0.108. The maximum absolute atomic E-state index is 16.4. The third-order valence-corrected chi connectivity index (χ3v) is 9.85. The van der Waals surface area contributed by atoms with Crippen LogP contribution in [0.3, 0.4) is 0 Å². The topological polar surface area (TPSA) is 79.3 Å². The van der Waals surface area contributed by atoms with Gasteiger partial charge in [0.05, 0.1) is 26.7 Å². The molecule has 8 nitrogen and oxygen atoms in total. The van der Waals surface area contributed by atoms with E-state index in [1.165, 1.54) is 24.2 Å². The third kappa shape index (κ3) is 3.60. The zero-order valence-electron chi connectivity index (χ0n) is 21.2. The van der Waals surface area contributed by atoms with Gasteiger partial charge in [-0.2, -0.15) is 9.97 Å². The van der Waals surface area contributed by atoms with Gasteiger partial charge in [0.15, 0.2) is 5.82 Å². The Kier molecular flexibility index (Phi) is 5.32. The first-order valence-corrected chi connectivity index (χ1v) is 14.6. The van der Waals surface area contributed by atoms with Crippen LogP contribution in [-0.4, -0.2) is 75.2 Å². The lowest BCUT2D eigenvalue weighted by Gasteiger charge is -2.34. The molecule has 1 aromatic carbocycles. The molecule has 0 saturated carbocycles. The first-order valence-electron chi connectivity index (χ1n) is 13.7. The summed E-state index contributed by atoms with van der Waals surface area (Å²) in [4.78, 5) is 23.5. The molecule has 196 valence electrons. The molecular formula is C28H30FN7OS. The SMILES string of the molecule is Fc1c(-c2cccc3scnc23)ncc2c(N3CC4CCC(C3)N4)nc(OCC34CCCN3CCC4)nc12. The van der Waals surface area contributed by atoms with E-state index in [1.807, 2.05) is 18.2 Å². The van der Waals surface area contributed by atoms with Crippen molar-refractivity contribution in [2.75, 3.05) is 37.7 Å². The van der Waals surface area contributed by atoms with Crippen LogP contribution in [-0.2, 0) is 0 Å². The van der Waals surface area contributed by atoms with E-state index in [4.69, 9.17) is 9.72 Å². The number of pyridine rings is 1. The van der Waals surface area contributed by atoms with Crippen molar-refractivity contribution in [3.8, 4) is 17.3 Å². The number of nitrogens with zero attached hydrogens (tertiary/aromatic N) is 6. The molecule has 7 heterocycles. The first kappa shape index (κ1) is 23.0. The Morgan fingerprint density at radius 2 is 1.87 bits per heavy atom. The van der Waals surface area contributed by atoms with Crippen molar-refractivity contribution >= 4 is 38.3 Å². The average Bonchev–Trinajstić information content (AvgIpc) is 3.71. The Balaban J connectivity index is 1.24. The number of thiazole rings is 1. The summed E-state index contributed by atoms with van der Waals surface area (Å²) in [7, 11) is 0. The van der Waals surface area contributed by atoms with Gasteiger partial charge >= 0.3 is 6.01 Å². The highest BCUT2D eigenvalue weighted by Gasteiger charge is 2.45. The van der Waals surface area contributed by atoms with E-state index in [0.717, 1.165) is 67.9 Å². The molecule has 0 radical (unpaired) electrons. The number of aromatic nitrogens is 4. The maximum Gasteiger partial charge on any atom is 0.319 e. The highest BCUT2D eigenvalue weighted by molar-refractivity contribution is 7.16. The fraction of sp³-hybridized carbons (Fsp3) is 0.500. The van der Waals surface area contributed by atoms with Crippen LogP contribution in [0.15, 0.2) is 29.9 Å². The van der Waals surface area contributed by atoms with Gasteiger partial charge in [0.1, 0.15) is 23.6 Å². The molecule has 8 rings (SSSR count). The van der Waals surface area contributed by atoms with Crippen LogP contribution in [0, 0.1) is 5.82 Å². The minimum Gasteiger partial charge on any atom is -0.461 e.